The molecule has 7 heteroatoms. The van der Waals surface area contributed by atoms with E-state index in [-0.39, 0.29) is 0 Å². The van der Waals surface area contributed by atoms with Crippen LogP contribution in [-0.4, -0.2) is 36.6 Å². The van der Waals surface area contributed by atoms with E-state index in [1.807, 2.05) is 0 Å². The number of carboxylic acid groups (broad SMARTS) is 1. The average molecular weight is 315 g/mol. The first kappa shape index (κ1) is 17.9. The van der Waals surface area contributed by atoms with E-state index in [4.69, 9.17) is 9.84 Å². The van der Waals surface area contributed by atoms with Crippen molar-refractivity contribution in [3.63, 3.8) is 0 Å². The van der Waals surface area contributed by atoms with Gasteiger partial charge in [0, 0.05) is 12.0 Å². The van der Waals surface area contributed by atoms with E-state index in [0.717, 1.165) is 0 Å². The molecule has 122 valence electrons. The van der Waals surface area contributed by atoms with Crippen LogP contribution in [0.2, 0.25) is 0 Å². The van der Waals surface area contributed by atoms with Crippen LogP contribution in [0, 0.1) is 0 Å². The van der Waals surface area contributed by atoms with Gasteiger partial charge in [-0.05, 0) is 19.9 Å². The highest BCUT2D eigenvalue weighted by Gasteiger charge is 2.35. The van der Waals surface area contributed by atoms with Crippen LogP contribution in [0.3, 0.4) is 0 Å². The Bertz CT molecular complexity index is 546. The predicted molar refractivity (Wildman–Crippen MR) is 76.2 cm³/mol. The highest BCUT2D eigenvalue weighted by Crippen LogP contribution is 2.31. The number of ether oxygens (including phenoxy) is 1. The van der Waals surface area contributed by atoms with E-state index in [0.29, 0.717) is 11.3 Å². The summed E-state index contributed by atoms with van der Waals surface area (Å²) in [5, 5.41) is 11.1. The van der Waals surface area contributed by atoms with Gasteiger partial charge >= 0.3 is 5.97 Å². The Hall–Kier alpha value is -2.18. The van der Waals surface area contributed by atoms with Gasteiger partial charge in [0.2, 0.25) is 12.3 Å². The Morgan fingerprint density at radius 2 is 1.91 bits per heavy atom. The maximum Gasteiger partial charge on any atom is 0.326 e. The van der Waals surface area contributed by atoms with Crippen molar-refractivity contribution >= 4 is 11.9 Å². The molecule has 0 aliphatic carbocycles. The topological polar surface area (TPSA) is 75.6 Å². The maximum absolute atomic E-state index is 12.4. The fourth-order valence-electron chi connectivity index (χ4n) is 2.02. The minimum atomic E-state index is -2.82. The van der Waals surface area contributed by atoms with Gasteiger partial charge < -0.3 is 15.2 Å². The van der Waals surface area contributed by atoms with Crippen molar-refractivity contribution in [3.8, 4) is 5.75 Å². The monoisotopic (exact) mass is 315 g/mol. The second-order valence-corrected chi connectivity index (χ2v) is 5.32. The molecule has 1 aromatic rings. The summed E-state index contributed by atoms with van der Waals surface area (Å²) in [7, 11) is 1.45. The number of nitrogens with one attached hydrogen (secondary N) is 1. The molecule has 0 aliphatic heterocycles. The average Bonchev–Trinajstić information content (AvgIpc) is 2.45. The van der Waals surface area contributed by atoms with Crippen LogP contribution < -0.4 is 10.1 Å². The molecule has 1 atom stereocenters. The second kappa shape index (κ2) is 7.20. The first-order valence-corrected chi connectivity index (χ1v) is 6.65. The van der Waals surface area contributed by atoms with E-state index in [1.165, 1.54) is 7.11 Å². The standard InChI is InChI=1S/C15H19F2NO4/c1-15(2,9-6-4-5-7-11(9)22-3)14(21)18-10(13(19)20)8-12(16)17/h4-7,10,12H,8H2,1-3H3,(H,18,21)(H,19,20). The van der Waals surface area contributed by atoms with Crippen molar-refractivity contribution in [1.82, 2.24) is 5.32 Å². The van der Waals surface area contributed by atoms with Crippen LogP contribution in [0.5, 0.6) is 5.75 Å². The van der Waals surface area contributed by atoms with Crippen molar-refractivity contribution in [2.24, 2.45) is 0 Å². The van der Waals surface area contributed by atoms with Gasteiger partial charge in [-0.2, -0.15) is 0 Å². The number of halogens is 2. The predicted octanol–water partition coefficient (Wildman–Crippen LogP) is 2.20. The molecule has 0 bridgehead atoms. The van der Waals surface area contributed by atoms with Gasteiger partial charge in [-0.3, -0.25) is 4.79 Å². The van der Waals surface area contributed by atoms with Gasteiger partial charge in [0.25, 0.3) is 0 Å². The van der Waals surface area contributed by atoms with E-state index in [2.05, 4.69) is 5.32 Å². The first-order chi connectivity index (χ1) is 10.2. The highest BCUT2D eigenvalue weighted by molar-refractivity contribution is 5.91. The number of aliphatic carboxylic acids is 1. The number of benzene rings is 1. The molecule has 1 amide bonds. The van der Waals surface area contributed by atoms with Crippen LogP contribution in [0.4, 0.5) is 8.78 Å². The summed E-state index contributed by atoms with van der Waals surface area (Å²) in [6.45, 7) is 3.14. The van der Waals surface area contributed by atoms with Gasteiger partial charge in [-0.1, -0.05) is 18.2 Å². The van der Waals surface area contributed by atoms with Gasteiger partial charge in [-0.25, -0.2) is 13.6 Å². The highest BCUT2D eigenvalue weighted by atomic mass is 19.3. The Kier molecular flexibility index (Phi) is 5.84. The fourth-order valence-corrected chi connectivity index (χ4v) is 2.02. The molecule has 0 fully saturated rings. The zero-order valence-electron chi connectivity index (χ0n) is 12.6. The molecular weight excluding hydrogens is 296 g/mol. The normalized spacial score (nSPS) is 12.8. The fraction of sp³-hybridized carbons (Fsp3) is 0.467. The van der Waals surface area contributed by atoms with Crippen molar-refractivity contribution in [2.45, 2.75) is 38.2 Å². The van der Waals surface area contributed by atoms with Gasteiger partial charge in [-0.15, -0.1) is 0 Å². The van der Waals surface area contributed by atoms with Gasteiger partial charge in [0.1, 0.15) is 11.8 Å². The molecule has 1 unspecified atom stereocenters. The molecule has 1 rings (SSSR count). The zero-order valence-corrected chi connectivity index (χ0v) is 12.6. The molecule has 22 heavy (non-hydrogen) atoms. The zero-order chi connectivity index (χ0) is 16.9. The summed E-state index contributed by atoms with van der Waals surface area (Å²) in [6.07, 6.45) is -3.76. The quantitative estimate of drug-likeness (QED) is 0.809. The summed E-state index contributed by atoms with van der Waals surface area (Å²) in [5.41, 5.74) is -0.598. The summed E-state index contributed by atoms with van der Waals surface area (Å²) in [4.78, 5) is 23.3. The number of hydrogen-bond acceptors (Lipinski definition) is 3. The van der Waals surface area contributed by atoms with E-state index < -0.39 is 36.2 Å². The van der Waals surface area contributed by atoms with Crippen LogP contribution in [-0.2, 0) is 15.0 Å². The lowest BCUT2D eigenvalue weighted by Crippen LogP contribution is -2.49. The van der Waals surface area contributed by atoms with Crippen molar-refractivity contribution < 1.29 is 28.2 Å². The minimum absolute atomic E-state index is 0.461. The SMILES string of the molecule is COc1ccccc1C(C)(C)C(=O)NC(CC(F)F)C(=O)O. The van der Waals surface area contributed by atoms with Crippen molar-refractivity contribution in [1.29, 1.82) is 0 Å². The number of carbonyl (C=O) groups excluding carboxylic acids is 1. The molecule has 0 spiro atoms. The summed E-state index contributed by atoms with van der Waals surface area (Å²) in [6, 6.07) is 5.13. The molecule has 5 nitrogen and oxygen atoms in total. The lowest BCUT2D eigenvalue weighted by Gasteiger charge is -2.27. The Morgan fingerprint density at radius 3 is 2.41 bits per heavy atom. The second-order valence-electron chi connectivity index (χ2n) is 5.32. The lowest BCUT2D eigenvalue weighted by molar-refractivity contribution is -0.143. The third-order valence-corrected chi connectivity index (χ3v) is 3.37. The van der Waals surface area contributed by atoms with Crippen LogP contribution >= 0.6 is 0 Å². The molecule has 0 aromatic heterocycles. The van der Waals surface area contributed by atoms with Gasteiger partial charge in [0.05, 0.1) is 12.5 Å². The van der Waals surface area contributed by atoms with Crippen LogP contribution in [0.1, 0.15) is 25.8 Å². The molecule has 0 saturated carbocycles. The number of rotatable bonds is 7. The molecule has 0 radical (unpaired) electrons. The number of methoxy groups -OCH3 is 1. The molecular formula is C15H19F2NO4. The number of carbonyl (C=O) groups is 2. The van der Waals surface area contributed by atoms with E-state index >= 15 is 0 Å². The third-order valence-electron chi connectivity index (χ3n) is 3.37. The van der Waals surface area contributed by atoms with E-state index in [9.17, 15) is 18.4 Å². The summed E-state index contributed by atoms with van der Waals surface area (Å²) < 4.78 is 30.0. The Labute approximate surface area is 127 Å². The molecule has 0 saturated heterocycles. The lowest BCUT2D eigenvalue weighted by atomic mass is 9.82. The van der Waals surface area contributed by atoms with E-state index in [1.54, 1.807) is 38.1 Å². The third kappa shape index (κ3) is 4.16. The maximum atomic E-state index is 12.4. The number of hydrogen-bond donors (Lipinski definition) is 2. The Balaban J connectivity index is 3.01. The van der Waals surface area contributed by atoms with Crippen molar-refractivity contribution in [3.05, 3.63) is 29.8 Å². The number of amides is 1. The smallest absolute Gasteiger partial charge is 0.326 e. The molecule has 0 aliphatic rings. The number of para-hydroxylation sites is 1. The van der Waals surface area contributed by atoms with Crippen LogP contribution in [0.15, 0.2) is 24.3 Å². The Morgan fingerprint density at radius 1 is 1.32 bits per heavy atom. The van der Waals surface area contributed by atoms with Gasteiger partial charge in [0.15, 0.2) is 0 Å². The minimum Gasteiger partial charge on any atom is -0.496 e. The number of alkyl halides is 2. The first-order valence-electron chi connectivity index (χ1n) is 6.65. The molecule has 1 aromatic carbocycles. The number of carboxylic acids is 1. The molecule has 0 heterocycles. The van der Waals surface area contributed by atoms with Crippen LogP contribution in [0.25, 0.3) is 0 Å². The summed E-state index contributed by atoms with van der Waals surface area (Å²) >= 11 is 0. The van der Waals surface area contributed by atoms with Crippen molar-refractivity contribution in [2.75, 3.05) is 7.11 Å². The molecule has 2 N–H and O–H groups in total. The summed E-state index contributed by atoms with van der Waals surface area (Å²) in [5.74, 6) is -1.70. The largest absolute Gasteiger partial charge is 0.496 e.